The van der Waals surface area contributed by atoms with Gasteiger partial charge in [-0.2, -0.15) is 0 Å². The molecule has 0 aliphatic carbocycles. The molecule has 0 saturated carbocycles. The van der Waals surface area contributed by atoms with Gasteiger partial charge in [0.15, 0.2) is 6.10 Å². The fraction of sp³-hybridized carbons (Fsp3) is 0.894. The molecule has 6 heteroatoms. The Morgan fingerprint density at radius 1 is 0.264 bits per heavy atom. The molecule has 6 nitrogen and oxygen atoms in total. The molecule has 1 atom stereocenters. The highest BCUT2D eigenvalue weighted by Crippen LogP contribution is 2.17. The summed E-state index contributed by atoms with van der Waals surface area (Å²) in [6.07, 6.45) is 73.5. The SMILES string of the molecule is CCCCCCCCC/C=C\CCCCCCCC(=O)OC(COC(=O)CCCCCCCCCCC)COC(=O)CCCCCCCCCCCCCCCCCCC/C=C\CCCCCCCCCC. The molecule has 0 saturated heterocycles. The van der Waals surface area contributed by atoms with Crippen LogP contribution in [0.25, 0.3) is 0 Å². The van der Waals surface area contributed by atoms with E-state index in [2.05, 4.69) is 45.1 Å². The molecule has 0 aromatic carbocycles. The lowest BCUT2D eigenvalue weighted by molar-refractivity contribution is -0.167. The lowest BCUT2D eigenvalue weighted by Crippen LogP contribution is -2.30. The number of hydrogen-bond acceptors (Lipinski definition) is 6. The first-order valence-corrected chi connectivity index (χ1v) is 32.3. The van der Waals surface area contributed by atoms with E-state index in [0.29, 0.717) is 19.3 Å². The summed E-state index contributed by atoms with van der Waals surface area (Å²) in [4.78, 5) is 38.1. The number of esters is 3. The van der Waals surface area contributed by atoms with Gasteiger partial charge in [-0.25, -0.2) is 0 Å². The highest BCUT2D eigenvalue weighted by molar-refractivity contribution is 5.71. The van der Waals surface area contributed by atoms with E-state index in [9.17, 15) is 14.4 Å². The molecular weight excluding hydrogens is 889 g/mol. The van der Waals surface area contributed by atoms with Gasteiger partial charge < -0.3 is 14.2 Å². The van der Waals surface area contributed by atoms with E-state index in [1.165, 1.54) is 257 Å². The molecule has 0 heterocycles. The van der Waals surface area contributed by atoms with Crippen molar-refractivity contribution in [2.24, 2.45) is 0 Å². The van der Waals surface area contributed by atoms with Crippen LogP contribution in [0.2, 0.25) is 0 Å². The van der Waals surface area contributed by atoms with Gasteiger partial charge in [0.1, 0.15) is 13.2 Å². The number of unbranched alkanes of at least 4 members (excludes halogenated alkanes) is 45. The van der Waals surface area contributed by atoms with Crippen LogP contribution in [0.15, 0.2) is 24.3 Å². The maximum Gasteiger partial charge on any atom is 0.306 e. The summed E-state index contributed by atoms with van der Waals surface area (Å²) < 4.78 is 16.9. The molecule has 1 unspecified atom stereocenters. The molecule has 0 aromatic heterocycles. The van der Waals surface area contributed by atoms with Gasteiger partial charge in [0.05, 0.1) is 0 Å². The Labute approximate surface area is 449 Å². The Hall–Kier alpha value is -2.11. The standard InChI is InChI=1S/C66H124O6/c1-4-7-10-13-16-19-21-23-25-27-28-29-30-31-32-33-34-35-36-37-38-39-41-42-44-47-50-53-56-59-65(68)71-62-63(61-70-64(67)58-55-52-49-46-18-15-12-9-6-3)72-66(69)60-57-54-51-48-45-43-40-26-24-22-20-17-14-11-8-5-2/h26-28,40,63H,4-25,29-39,41-62H2,1-3H3/b28-27-,40-26-. The van der Waals surface area contributed by atoms with E-state index in [1.807, 2.05) is 0 Å². The number of ether oxygens (including phenoxy) is 3. The highest BCUT2D eigenvalue weighted by Gasteiger charge is 2.19. The van der Waals surface area contributed by atoms with Crippen molar-refractivity contribution in [3.8, 4) is 0 Å². The molecule has 0 radical (unpaired) electrons. The summed E-state index contributed by atoms with van der Waals surface area (Å²) in [5, 5.41) is 0. The third kappa shape index (κ3) is 58.8. The molecule has 424 valence electrons. The van der Waals surface area contributed by atoms with E-state index in [-0.39, 0.29) is 31.1 Å². The summed E-state index contributed by atoms with van der Waals surface area (Å²) in [5.41, 5.74) is 0. The van der Waals surface area contributed by atoms with Crippen LogP contribution in [0.1, 0.15) is 361 Å². The molecule has 72 heavy (non-hydrogen) atoms. The Morgan fingerprint density at radius 3 is 0.694 bits per heavy atom. The van der Waals surface area contributed by atoms with Crippen LogP contribution in [-0.4, -0.2) is 37.2 Å². The Bertz CT molecular complexity index is 1160. The quantitative estimate of drug-likeness (QED) is 0.0261. The van der Waals surface area contributed by atoms with E-state index >= 15 is 0 Å². The first-order chi connectivity index (χ1) is 35.5. The monoisotopic (exact) mass is 1010 g/mol. The number of hydrogen-bond donors (Lipinski definition) is 0. The maximum atomic E-state index is 12.8. The lowest BCUT2D eigenvalue weighted by atomic mass is 10.0. The van der Waals surface area contributed by atoms with Crippen LogP contribution in [0.3, 0.4) is 0 Å². The van der Waals surface area contributed by atoms with Crippen molar-refractivity contribution in [3.63, 3.8) is 0 Å². The largest absolute Gasteiger partial charge is 0.462 e. The van der Waals surface area contributed by atoms with E-state index in [4.69, 9.17) is 14.2 Å². The van der Waals surface area contributed by atoms with E-state index in [0.717, 1.165) is 64.2 Å². The normalized spacial score (nSPS) is 12.1. The van der Waals surface area contributed by atoms with Gasteiger partial charge in [-0.3, -0.25) is 14.4 Å². The summed E-state index contributed by atoms with van der Waals surface area (Å²) in [6.45, 7) is 6.67. The third-order valence-electron chi connectivity index (χ3n) is 14.7. The zero-order valence-corrected chi connectivity index (χ0v) is 48.7. The molecule has 0 bridgehead atoms. The number of carbonyl (C=O) groups is 3. The Kier molecular flexibility index (Phi) is 59.6. The molecular formula is C66H124O6. The van der Waals surface area contributed by atoms with Gasteiger partial charge in [-0.1, -0.05) is 295 Å². The first kappa shape index (κ1) is 69.9. The zero-order chi connectivity index (χ0) is 52.2. The van der Waals surface area contributed by atoms with Crippen LogP contribution in [0.4, 0.5) is 0 Å². The molecule has 0 rings (SSSR count). The Morgan fingerprint density at radius 2 is 0.458 bits per heavy atom. The smallest absolute Gasteiger partial charge is 0.306 e. The van der Waals surface area contributed by atoms with Crippen molar-refractivity contribution in [3.05, 3.63) is 24.3 Å². The van der Waals surface area contributed by atoms with Crippen molar-refractivity contribution in [2.75, 3.05) is 13.2 Å². The fourth-order valence-electron chi connectivity index (χ4n) is 9.79. The molecule has 0 spiro atoms. The molecule has 0 amide bonds. The van der Waals surface area contributed by atoms with Crippen molar-refractivity contribution >= 4 is 17.9 Å². The second kappa shape index (κ2) is 61.4. The molecule has 0 N–H and O–H groups in total. The number of rotatable bonds is 60. The second-order valence-electron chi connectivity index (χ2n) is 22.0. The fourth-order valence-corrected chi connectivity index (χ4v) is 9.79. The van der Waals surface area contributed by atoms with Crippen LogP contribution in [-0.2, 0) is 28.6 Å². The number of allylic oxidation sites excluding steroid dienone is 4. The van der Waals surface area contributed by atoms with Gasteiger partial charge in [-0.15, -0.1) is 0 Å². The van der Waals surface area contributed by atoms with Crippen molar-refractivity contribution in [1.82, 2.24) is 0 Å². The van der Waals surface area contributed by atoms with Gasteiger partial charge in [0.2, 0.25) is 0 Å². The van der Waals surface area contributed by atoms with E-state index in [1.54, 1.807) is 0 Å². The topological polar surface area (TPSA) is 78.9 Å². The average molecular weight is 1010 g/mol. The summed E-state index contributed by atoms with van der Waals surface area (Å²) in [5.74, 6) is -0.858. The van der Waals surface area contributed by atoms with Crippen LogP contribution >= 0.6 is 0 Å². The first-order valence-electron chi connectivity index (χ1n) is 32.3. The minimum Gasteiger partial charge on any atom is -0.462 e. The number of carbonyl (C=O) groups excluding carboxylic acids is 3. The van der Waals surface area contributed by atoms with E-state index < -0.39 is 6.10 Å². The summed E-state index contributed by atoms with van der Waals surface area (Å²) in [6, 6.07) is 0. The third-order valence-corrected chi connectivity index (χ3v) is 14.7. The Balaban J connectivity index is 4.08. The van der Waals surface area contributed by atoms with Gasteiger partial charge in [-0.05, 0) is 70.6 Å². The second-order valence-corrected chi connectivity index (χ2v) is 22.0. The van der Waals surface area contributed by atoms with Crippen LogP contribution in [0, 0.1) is 0 Å². The van der Waals surface area contributed by atoms with Crippen molar-refractivity contribution < 1.29 is 28.6 Å². The van der Waals surface area contributed by atoms with Crippen LogP contribution in [0.5, 0.6) is 0 Å². The van der Waals surface area contributed by atoms with Gasteiger partial charge in [0.25, 0.3) is 0 Å². The van der Waals surface area contributed by atoms with Crippen molar-refractivity contribution in [1.29, 1.82) is 0 Å². The summed E-state index contributed by atoms with van der Waals surface area (Å²) >= 11 is 0. The maximum absolute atomic E-state index is 12.8. The predicted molar refractivity (Wildman–Crippen MR) is 312 cm³/mol. The molecule has 0 fully saturated rings. The van der Waals surface area contributed by atoms with Crippen molar-refractivity contribution in [2.45, 2.75) is 367 Å². The van der Waals surface area contributed by atoms with Crippen LogP contribution < -0.4 is 0 Å². The van der Waals surface area contributed by atoms with Gasteiger partial charge >= 0.3 is 17.9 Å². The average Bonchev–Trinajstić information content (AvgIpc) is 3.38. The lowest BCUT2D eigenvalue weighted by Gasteiger charge is -2.18. The minimum atomic E-state index is -0.770. The molecule has 0 aliphatic rings. The highest BCUT2D eigenvalue weighted by atomic mass is 16.6. The summed E-state index contributed by atoms with van der Waals surface area (Å²) in [7, 11) is 0. The molecule has 0 aliphatic heterocycles. The minimum absolute atomic E-state index is 0.0693. The zero-order valence-electron chi connectivity index (χ0n) is 48.7. The molecule has 0 aromatic rings. The van der Waals surface area contributed by atoms with Gasteiger partial charge in [0, 0.05) is 19.3 Å². The predicted octanol–water partition coefficient (Wildman–Crippen LogP) is 21.8.